The lowest BCUT2D eigenvalue weighted by molar-refractivity contribution is 0.0373. The fourth-order valence-corrected chi connectivity index (χ4v) is 2.66. The van der Waals surface area contributed by atoms with Crippen molar-refractivity contribution in [2.45, 2.75) is 45.3 Å². The number of carbonyl (C=O) groups excluding carboxylic acids is 1. The number of ether oxygens (including phenoxy) is 2. The third-order valence-corrected chi connectivity index (χ3v) is 3.97. The van der Waals surface area contributed by atoms with Crippen LogP contribution < -0.4 is 5.32 Å². The lowest BCUT2D eigenvalue weighted by Gasteiger charge is -2.21. The van der Waals surface area contributed by atoms with Gasteiger partial charge in [0.05, 0.1) is 32.9 Å². The molecule has 0 rings (SSSR count). The van der Waals surface area contributed by atoms with Gasteiger partial charge in [0.25, 0.3) is 0 Å². The van der Waals surface area contributed by atoms with Crippen LogP contribution in [0.5, 0.6) is 0 Å². The van der Waals surface area contributed by atoms with E-state index >= 15 is 0 Å². The second-order valence-electron chi connectivity index (χ2n) is 6.02. The van der Waals surface area contributed by atoms with Crippen LogP contribution in [0.2, 0.25) is 0 Å². The number of amides is 1. The van der Waals surface area contributed by atoms with Gasteiger partial charge < -0.3 is 23.9 Å². The molecule has 0 aromatic carbocycles. The van der Waals surface area contributed by atoms with Gasteiger partial charge in [-0.05, 0) is 33.6 Å². The maximum atomic E-state index is 11.4. The molecule has 0 aromatic rings. The van der Waals surface area contributed by atoms with Gasteiger partial charge in [0, 0.05) is 18.1 Å². The molecule has 0 radical (unpaired) electrons. The van der Waals surface area contributed by atoms with E-state index in [4.69, 9.17) is 9.47 Å². The average molecular weight is 389 g/mol. The molecule has 0 unspecified atom stereocenters. The Kier molecular flexibility index (Phi) is 9.14. The number of carbonyl (C=O) groups is 1. The summed E-state index contributed by atoms with van der Waals surface area (Å²) in [5.41, 5.74) is -0.668. The zero-order valence-corrected chi connectivity index (χ0v) is 15.4. The first-order valence-electron chi connectivity index (χ1n) is 7.13. The van der Waals surface area contributed by atoms with Crippen molar-refractivity contribution in [2.24, 2.45) is 0 Å². The largest absolute Gasteiger partial charge is 0.748 e. The van der Waals surface area contributed by atoms with E-state index in [9.17, 15) is 30.7 Å². The first-order chi connectivity index (χ1) is 10.7. The monoisotopic (exact) mass is 389 g/mol. The summed E-state index contributed by atoms with van der Waals surface area (Å²) in [5.74, 6) is -1.48. The van der Waals surface area contributed by atoms with Gasteiger partial charge in [-0.1, -0.05) is 0 Å². The highest BCUT2D eigenvalue weighted by molar-refractivity contribution is 7.85. The molecule has 0 aliphatic carbocycles. The fraction of sp³-hybridized carbons (Fsp3) is 0.917. The van der Waals surface area contributed by atoms with Crippen molar-refractivity contribution >= 4 is 26.3 Å². The van der Waals surface area contributed by atoms with Gasteiger partial charge >= 0.3 is 6.09 Å². The normalized spacial score (nSPS) is 13.1. The Morgan fingerprint density at radius 3 is 1.88 bits per heavy atom. The van der Waals surface area contributed by atoms with Crippen molar-refractivity contribution in [1.29, 1.82) is 0 Å². The van der Waals surface area contributed by atoms with E-state index in [0.717, 1.165) is 0 Å². The Morgan fingerprint density at radius 1 is 1.04 bits per heavy atom. The van der Waals surface area contributed by atoms with Crippen LogP contribution in [-0.4, -0.2) is 68.4 Å². The van der Waals surface area contributed by atoms with E-state index in [1.165, 1.54) is 0 Å². The molecule has 144 valence electrons. The quantitative estimate of drug-likeness (QED) is 0.392. The molecule has 0 fully saturated rings. The summed E-state index contributed by atoms with van der Waals surface area (Å²) in [6.45, 7) is 5.02. The zero-order chi connectivity index (χ0) is 19.0. The molecule has 10 nitrogen and oxygen atoms in total. The highest BCUT2D eigenvalue weighted by atomic mass is 32.2. The van der Waals surface area contributed by atoms with Gasteiger partial charge in [0.2, 0.25) is 0 Å². The molecular formula is C12H23NO9S2-2. The lowest BCUT2D eigenvalue weighted by Crippen LogP contribution is -2.35. The molecule has 0 spiro atoms. The Morgan fingerprint density at radius 2 is 1.50 bits per heavy atom. The number of hydrogen-bond acceptors (Lipinski definition) is 9. The molecule has 12 heteroatoms. The van der Waals surface area contributed by atoms with Crippen molar-refractivity contribution < 1.29 is 40.2 Å². The minimum atomic E-state index is -4.48. The van der Waals surface area contributed by atoms with Crippen LogP contribution in [0.3, 0.4) is 0 Å². The van der Waals surface area contributed by atoms with Crippen molar-refractivity contribution in [1.82, 2.24) is 5.32 Å². The molecule has 0 atom stereocenters. The summed E-state index contributed by atoms with van der Waals surface area (Å²) in [4.78, 5) is 11.4. The average Bonchev–Trinajstić information content (AvgIpc) is 2.32. The summed E-state index contributed by atoms with van der Waals surface area (Å²) in [6.07, 6.45) is -2.06. The van der Waals surface area contributed by atoms with Crippen LogP contribution in [0.15, 0.2) is 0 Å². The van der Waals surface area contributed by atoms with Crippen LogP contribution >= 0.6 is 0 Å². The summed E-state index contributed by atoms with van der Waals surface area (Å²) >= 11 is 0. The number of nitrogens with one attached hydrogen (secondary N) is 1. The summed E-state index contributed by atoms with van der Waals surface area (Å²) in [7, 11) is -8.97. The highest BCUT2D eigenvalue weighted by Crippen LogP contribution is 2.08. The molecule has 0 heterocycles. The maximum absolute atomic E-state index is 11.4. The zero-order valence-electron chi connectivity index (χ0n) is 13.8. The summed E-state index contributed by atoms with van der Waals surface area (Å²) < 4.78 is 74.0. The predicted molar refractivity (Wildman–Crippen MR) is 82.3 cm³/mol. The second-order valence-corrected chi connectivity index (χ2v) is 9.07. The fourth-order valence-electron chi connectivity index (χ4n) is 1.56. The third-order valence-electron chi connectivity index (χ3n) is 2.50. The van der Waals surface area contributed by atoms with Crippen molar-refractivity contribution in [3.8, 4) is 0 Å². The lowest BCUT2D eigenvalue weighted by atomic mass is 10.2. The Labute approximate surface area is 142 Å². The van der Waals surface area contributed by atoms with Crippen LogP contribution in [-0.2, 0) is 29.7 Å². The van der Waals surface area contributed by atoms with E-state index in [2.05, 4.69) is 5.32 Å². The van der Waals surface area contributed by atoms with Gasteiger partial charge in [-0.15, -0.1) is 0 Å². The minimum absolute atomic E-state index is 0.0274. The Balaban J connectivity index is 4.32. The van der Waals surface area contributed by atoms with Crippen molar-refractivity contribution in [3.05, 3.63) is 0 Å². The van der Waals surface area contributed by atoms with Crippen LogP contribution in [0, 0.1) is 0 Å². The Bertz CT molecular complexity index is 557. The molecule has 0 aliphatic heterocycles. The first kappa shape index (κ1) is 23.1. The molecule has 1 amide bonds. The van der Waals surface area contributed by atoms with E-state index in [0.29, 0.717) is 0 Å². The van der Waals surface area contributed by atoms with E-state index < -0.39 is 49.5 Å². The van der Waals surface area contributed by atoms with Crippen molar-refractivity contribution in [3.63, 3.8) is 0 Å². The van der Waals surface area contributed by atoms with E-state index in [1.54, 1.807) is 20.8 Å². The topological polar surface area (TPSA) is 162 Å². The molecule has 0 bridgehead atoms. The molecule has 1 N–H and O–H groups in total. The highest BCUT2D eigenvalue weighted by Gasteiger charge is 2.16. The number of alkyl carbamates (subject to hydrolysis) is 1. The second kappa shape index (κ2) is 9.51. The molecule has 0 aromatic heterocycles. The molecule has 24 heavy (non-hydrogen) atoms. The molecular weight excluding hydrogens is 366 g/mol. The van der Waals surface area contributed by atoms with Crippen LogP contribution in [0.4, 0.5) is 4.79 Å². The summed E-state index contributed by atoms with van der Waals surface area (Å²) in [6, 6.07) is 0. The standard InChI is InChI=1S/C12H25NO9S2/c1-12(2,3)22-11(14)13-6-7-21-10(4-8-23(15,16)17)5-9-24(18,19)20/h10H,4-9H2,1-3H3,(H,13,14)(H,15,16,17)(H,18,19,20)/p-2. The predicted octanol–water partition coefficient (Wildman–Crippen LogP) is -0.233. The van der Waals surface area contributed by atoms with Crippen LogP contribution in [0.25, 0.3) is 0 Å². The van der Waals surface area contributed by atoms with Crippen molar-refractivity contribution in [2.75, 3.05) is 24.7 Å². The van der Waals surface area contributed by atoms with E-state index in [1.807, 2.05) is 0 Å². The molecule has 0 saturated heterocycles. The van der Waals surface area contributed by atoms with Gasteiger partial charge in [-0.2, -0.15) is 0 Å². The Hall–Kier alpha value is -0.950. The first-order valence-corrected chi connectivity index (χ1v) is 10.3. The maximum Gasteiger partial charge on any atom is 0.407 e. The smallest absolute Gasteiger partial charge is 0.407 e. The number of hydrogen-bond donors (Lipinski definition) is 1. The van der Waals surface area contributed by atoms with Gasteiger partial charge in [0.15, 0.2) is 0 Å². The van der Waals surface area contributed by atoms with Gasteiger partial charge in [-0.3, -0.25) is 0 Å². The minimum Gasteiger partial charge on any atom is -0.748 e. The number of rotatable bonds is 10. The van der Waals surface area contributed by atoms with E-state index in [-0.39, 0.29) is 26.0 Å². The third kappa shape index (κ3) is 15.9. The van der Waals surface area contributed by atoms with Crippen LogP contribution in [0.1, 0.15) is 33.6 Å². The molecule has 0 aliphatic rings. The van der Waals surface area contributed by atoms with Gasteiger partial charge in [-0.25, -0.2) is 21.6 Å². The molecule has 0 saturated carbocycles. The summed E-state index contributed by atoms with van der Waals surface area (Å²) in [5, 5.41) is 2.39. The van der Waals surface area contributed by atoms with Gasteiger partial charge in [0.1, 0.15) is 5.60 Å². The SMILES string of the molecule is CC(C)(C)OC(=O)NCCOC(CCS(=O)(=O)[O-])CCS(=O)(=O)[O-].